The van der Waals surface area contributed by atoms with Crippen LogP contribution >= 0.6 is 11.3 Å². The SMILES string of the molecule is CCc1cnc(C(C)NC(=O)NC2(C(=O)O)CCCC2)s1. The molecule has 1 saturated carbocycles. The second kappa shape index (κ2) is 6.43. The van der Waals surface area contributed by atoms with Gasteiger partial charge in [0.2, 0.25) is 0 Å². The van der Waals surface area contributed by atoms with E-state index in [0.29, 0.717) is 12.8 Å². The minimum absolute atomic E-state index is 0.234. The second-order valence-corrected chi connectivity index (χ2v) is 6.58. The van der Waals surface area contributed by atoms with Crippen molar-refractivity contribution in [1.82, 2.24) is 15.6 Å². The normalized spacial score (nSPS) is 18.2. The van der Waals surface area contributed by atoms with E-state index in [2.05, 4.69) is 22.5 Å². The van der Waals surface area contributed by atoms with Crippen molar-refractivity contribution < 1.29 is 14.7 Å². The van der Waals surface area contributed by atoms with Gasteiger partial charge in [-0.25, -0.2) is 14.6 Å². The average molecular weight is 311 g/mol. The van der Waals surface area contributed by atoms with E-state index < -0.39 is 17.5 Å². The van der Waals surface area contributed by atoms with Crippen LogP contribution in [0.2, 0.25) is 0 Å². The van der Waals surface area contributed by atoms with Gasteiger partial charge in [-0.3, -0.25) is 0 Å². The molecule has 116 valence electrons. The van der Waals surface area contributed by atoms with Crippen molar-refractivity contribution in [3.05, 3.63) is 16.1 Å². The fourth-order valence-electron chi connectivity index (χ4n) is 2.57. The Bertz CT molecular complexity index is 523. The zero-order valence-electron chi connectivity index (χ0n) is 12.3. The molecule has 1 aromatic rings. The minimum atomic E-state index is -1.11. The van der Waals surface area contributed by atoms with Crippen LogP contribution in [0.5, 0.6) is 0 Å². The molecular formula is C14H21N3O3S. The summed E-state index contributed by atoms with van der Waals surface area (Å²) in [6.45, 7) is 3.90. The maximum absolute atomic E-state index is 12.1. The van der Waals surface area contributed by atoms with Gasteiger partial charge in [-0.1, -0.05) is 19.8 Å². The first-order valence-electron chi connectivity index (χ1n) is 7.23. The second-order valence-electron chi connectivity index (χ2n) is 5.43. The number of carbonyl (C=O) groups is 2. The van der Waals surface area contributed by atoms with Gasteiger partial charge in [0, 0.05) is 11.1 Å². The molecular weight excluding hydrogens is 290 g/mol. The summed E-state index contributed by atoms with van der Waals surface area (Å²) in [6, 6.07) is -0.678. The molecule has 0 bridgehead atoms. The van der Waals surface area contributed by atoms with Gasteiger partial charge in [0.05, 0.1) is 6.04 Å². The summed E-state index contributed by atoms with van der Waals surface area (Å²) in [5.74, 6) is -0.953. The van der Waals surface area contributed by atoms with Crippen molar-refractivity contribution in [2.24, 2.45) is 0 Å². The lowest BCUT2D eigenvalue weighted by atomic mass is 9.98. The lowest BCUT2D eigenvalue weighted by Gasteiger charge is -2.26. The summed E-state index contributed by atoms with van der Waals surface area (Å²) in [5.41, 5.74) is -1.11. The monoisotopic (exact) mass is 311 g/mol. The van der Waals surface area contributed by atoms with E-state index in [-0.39, 0.29) is 6.04 Å². The third-order valence-electron chi connectivity index (χ3n) is 3.86. The number of hydrogen-bond acceptors (Lipinski definition) is 4. The van der Waals surface area contributed by atoms with E-state index >= 15 is 0 Å². The number of hydrogen-bond donors (Lipinski definition) is 3. The third-order valence-corrected chi connectivity index (χ3v) is 5.18. The smallest absolute Gasteiger partial charge is 0.329 e. The Balaban J connectivity index is 1.96. The molecule has 1 fully saturated rings. The largest absolute Gasteiger partial charge is 0.480 e. The number of nitrogens with one attached hydrogen (secondary N) is 2. The van der Waals surface area contributed by atoms with Crippen LogP contribution in [0.3, 0.4) is 0 Å². The van der Waals surface area contributed by atoms with Crippen LogP contribution in [-0.4, -0.2) is 27.6 Å². The predicted molar refractivity (Wildman–Crippen MR) is 80.4 cm³/mol. The van der Waals surface area contributed by atoms with Crippen LogP contribution in [-0.2, 0) is 11.2 Å². The molecule has 1 aromatic heterocycles. The van der Waals surface area contributed by atoms with Crippen molar-refractivity contribution in [3.8, 4) is 0 Å². The van der Waals surface area contributed by atoms with Crippen molar-refractivity contribution in [1.29, 1.82) is 0 Å². The number of carbonyl (C=O) groups excluding carboxylic acids is 1. The van der Waals surface area contributed by atoms with Crippen molar-refractivity contribution in [2.45, 2.75) is 57.5 Å². The number of carboxylic acid groups (broad SMARTS) is 1. The maximum atomic E-state index is 12.1. The Morgan fingerprint density at radius 2 is 2.14 bits per heavy atom. The standard InChI is InChI=1S/C14H21N3O3S/c1-3-10-8-15-11(21-10)9(2)16-13(20)17-14(12(18)19)6-4-5-7-14/h8-9H,3-7H2,1-2H3,(H,18,19)(H2,16,17,20). The molecule has 7 heteroatoms. The van der Waals surface area contributed by atoms with Crippen molar-refractivity contribution >= 4 is 23.3 Å². The predicted octanol–water partition coefficient (Wildman–Crippen LogP) is 2.46. The van der Waals surface area contributed by atoms with E-state index in [1.165, 1.54) is 0 Å². The fraction of sp³-hybridized carbons (Fsp3) is 0.643. The maximum Gasteiger partial charge on any atom is 0.329 e. The van der Waals surface area contributed by atoms with Gasteiger partial charge in [-0.05, 0) is 26.2 Å². The van der Waals surface area contributed by atoms with Gasteiger partial charge in [-0.2, -0.15) is 0 Å². The zero-order chi connectivity index (χ0) is 15.5. The summed E-state index contributed by atoms with van der Waals surface area (Å²) < 4.78 is 0. The van der Waals surface area contributed by atoms with Crippen LogP contribution in [0.15, 0.2) is 6.20 Å². The number of carboxylic acids is 1. The first-order chi connectivity index (χ1) is 9.97. The van der Waals surface area contributed by atoms with Gasteiger partial charge < -0.3 is 15.7 Å². The molecule has 0 saturated heterocycles. The Morgan fingerprint density at radius 1 is 1.48 bits per heavy atom. The lowest BCUT2D eigenvalue weighted by Crippen LogP contribution is -2.55. The summed E-state index contributed by atoms with van der Waals surface area (Å²) in [6.07, 6.45) is 5.36. The Morgan fingerprint density at radius 3 is 2.67 bits per heavy atom. The molecule has 2 rings (SSSR count). The molecule has 1 atom stereocenters. The molecule has 21 heavy (non-hydrogen) atoms. The summed E-state index contributed by atoms with van der Waals surface area (Å²) in [4.78, 5) is 28.9. The summed E-state index contributed by atoms with van der Waals surface area (Å²) in [7, 11) is 0. The van der Waals surface area contributed by atoms with Gasteiger partial charge in [0.25, 0.3) is 0 Å². The van der Waals surface area contributed by atoms with Crippen LogP contribution in [0.1, 0.15) is 55.5 Å². The number of urea groups is 1. The van der Waals surface area contributed by atoms with E-state index in [0.717, 1.165) is 29.1 Å². The van der Waals surface area contributed by atoms with Gasteiger partial charge >= 0.3 is 12.0 Å². The number of nitrogens with zero attached hydrogens (tertiary/aromatic N) is 1. The first-order valence-corrected chi connectivity index (χ1v) is 8.05. The van der Waals surface area contributed by atoms with Crippen molar-refractivity contribution in [3.63, 3.8) is 0 Å². The van der Waals surface area contributed by atoms with E-state index in [1.807, 2.05) is 13.1 Å². The van der Waals surface area contributed by atoms with Crippen LogP contribution in [0.4, 0.5) is 4.79 Å². The average Bonchev–Trinajstić information content (AvgIpc) is 3.07. The summed E-state index contributed by atoms with van der Waals surface area (Å²) >= 11 is 1.56. The Kier molecular flexibility index (Phi) is 4.82. The van der Waals surface area contributed by atoms with E-state index in [1.54, 1.807) is 11.3 Å². The molecule has 1 aliphatic rings. The highest BCUT2D eigenvalue weighted by atomic mass is 32.1. The van der Waals surface area contributed by atoms with Gasteiger partial charge in [0.15, 0.2) is 0 Å². The number of aryl methyl sites for hydroxylation is 1. The molecule has 1 unspecified atom stereocenters. The first kappa shape index (κ1) is 15.8. The molecule has 0 aliphatic heterocycles. The van der Waals surface area contributed by atoms with Crippen LogP contribution in [0.25, 0.3) is 0 Å². The quantitative estimate of drug-likeness (QED) is 0.779. The molecule has 2 amide bonds. The van der Waals surface area contributed by atoms with Gasteiger partial charge in [0.1, 0.15) is 10.5 Å². The molecule has 0 radical (unpaired) electrons. The van der Waals surface area contributed by atoms with E-state index in [4.69, 9.17) is 0 Å². The molecule has 6 nitrogen and oxygen atoms in total. The molecule has 3 N–H and O–H groups in total. The fourth-order valence-corrected chi connectivity index (χ4v) is 3.43. The zero-order valence-corrected chi connectivity index (χ0v) is 13.1. The van der Waals surface area contributed by atoms with Gasteiger partial charge in [-0.15, -0.1) is 11.3 Å². The molecule has 0 spiro atoms. The minimum Gasteiger partial charge on any atom is -0.480 e. The number of aliphatic carboxylic acids is 1. The van der Waals surface area contributed by atoms with Crippen LogP contribution in [0, 0.1) is 0 Å². The molecule has 0 aromatic carbocycles. The third kappa shape index (κ3) is 3.53. The highest BCUT2D eigenvalue weighted by Gasteiger charge is 2.42. The molecule has 1 aliphatic carbocycles. The number of aromatic nitrogens is 1. The number of thiazole rings is 1. The lowest BCUT2D eigenvalue weighted by molar-refractivity contribution is -0.144. The number of rotatable bonds is 5. The Hall–Kier alpha value is -1.63. The van der Waals surface area contributed by atoms with Crippen molar-refractivity contribution in [2.75, 3.05) is 0 Å². The highest BCUT2D eigenvalue weighted by Crippen LogP contribution is 2.30. The number of amides is 2. The highest BCUT2D eigenvalue weighted by molar-refractivity contribution is 7.11. The Labute approximate surface area is 128 Å². The van der Waals surface area contributed by atoms with E-state index in [9.17, 15) is 14.7 Å². The molecule has 1 heterocycles. The topological polar surface area (TPSA) is 91.3 Å². The summed E-state index contributed by atoms with van der Waals surface area (Å²) in [5, 5.41) is 15.6. The van der Waals surface area contributed by atoms with Crippen LogP contribution < -0.4 is 10.6 Å².